The van der Waals surface area contributed by atoms with Crippen LogP contribution in [-0.2, 0) is 6.54 Å². The largest absolute Gasteiger partial charge is 0.395 e. The molecule has 0 saturated carbocycles. The Labute approximate surface area is 103 Å². The Kier molecular flexibility index (Phi) is 3.44. The molecule has 17 heavy (non-hydrogen) atoms. The summed E-state index contributed by atoms with van der Waals surface area (Å²) in [5.41, 5.74) is 7.84. The second-order valence-electron chi connectivity index (χ2n) is 3.54. The summed E-state index contributed by atoms with van der Waals surface area (Å²) in [6.07, 6.45) is 1.58. The number of hydrogen-bond acceptors (Lipinski definition) is 3. The van der Waals surface area contributed by atoms with E-state index >= 15 is 0 Å². The molecule has 0 unspecified atom stereocenters. The van der Waals surface area contributed by atoms with Crippen molar-refractivity contribution < 1.29 is 4.39 Å². The van der Waals surface area contributed by atoms with Gasteiger partial charge < -0.3 is 11.1 Å². The van der Waals surface area contributed by atoms with E-state index < -0.39 is 0 Å². The van der Waals surface area contributed by atoms with E-state index in [9.17, 15) is 4.39 Å². The molecular weight excluding hydrogens is 241 g/mol. The lowest BCUT2D eigenvalue weighted by Gasteiger charge is -2.09. The van der Waals surface area contributed by atoms with Gasteiger partial charge in [0.05, 0.1) is 11.4 Å². The van der Waals surface area contributed by atoms with E-state index in [-0.39, 0.29) is 11.0 Å². The minimum atomic E-state index is -0.250. The first-order chi connectivity index (χ1) is 8.16. The topological polar surface area (TPSA) is 50.9 Å². The quantitative estimate of drug-likeness (QED) is 0.825. The third kappa shape index (κ3) is 2.85. The number of benzene rings is 1. The second kappa shape index (κ2) is 5.01. The van der Waals surface area contributed by atoms with E-state index in [4.69, 9.17) is 17.3 Å². The van der Waals surface area contributed by atoms with Crippen LogP contribution < -0.4 is 11.1 Å². The maximum Gasteiger partial charge on any atom is 0.153 e. The van der Waals surface area contributed by atoms with Crippen LogP contribution in [0.15, 0.2) is 36.5 Å². The molecule has 2 aromatic rings. The van der Waals surface area contributed by atoms with E-state index in [1.54, 1.807) is 24.4 Å². The molecule has 0 amide bonds. The highest BCUT2D eigenvalue weighted by Crippen LogP contribution is 2.24. The van der Waals surface area contributed by atoms with Crippen molar-refractivity contribution in [1.82, 2.24) is 4.98 Å². The SMILES string of the molecule is Nc1c(NCc2ccc(F)cc2)ccnc1Cl. The highest BCUT2D eigenvalue weighted by atomic mass is 35.5. The predicted molar refractivity (Wildman–Crippen MR) is 67.4 cm³/mol. The molecule has 0 aliphatic heterocycles. The number of nitrogens with zero attached hydrogens (tertiary/aromatic N) is 1. The maximum absolute atomic E-state index is 12.7. The molecule has 1 aromatic carbocycles. The number of halogens is 2. The summed E-state index contributed by atoms with van der Waals surface area (Å²) in [5.74, 6) is -0.250. The van der Waals surface area contributed by atoms with Crippen molar-refractivity contribution in [2.45, 2.75) is 6.54 Å². The van der Waals surface area contributed by atoms with Gasteiger partial charge in [-0.3, -0.25) is 0 Å². The van der Waals surface area contributed by atoms with E-state index in [0.717, 1.165) is 5.56 Å². The van der Waals surface area contributed by atoms with Crippen molar-refractivity contribution in [2.75, 3.05) is 11.1 Å². The number of aromatic nitrogens is 1. The summed E-state index contributed by atoms with van der Waals surface area (Å²) in [6, 6.07) is 7.99. The summed E-state index contributed by atoms with van der Waals surface area (Å²) in [7, 11) is 0. The van der Waals surface area contributed by atoms with Gasteiger partial charge in [0.1, 0.15) is 5.82 Å². The summed E-state index contributed by atoms with van der Waals surface area (Å²) in [4.78, 5) is 3.86. The van der Waals surface area contributed by atoms with Gasteiger partial charge in [0.25, 0.3) is 0 Å². The van der Waals surface area contributed by atoms with Gasteiger partial charge in [-0.1, -0.05) is 23.7 Å². The highest BCUT2D eigenvalue weighted by molar-refractivity contribution is 6.32. The van der Waals surface area contributed by atoms with Crippen LogP contribution >= 0.6 is 11.6 Å². The van der Waals surface area contributed by atoms with E-state index in [1.807, 2.05) is 0 Å². The monoisotopic (exact) mass is 251 g/mol. The average molecular weight is 252 g/mol. The van der Waals surface area contributed by atoms with Gasteiger partial charge in [0, 0.05) is 12.7 Å². The van der Waals surface area contributed by atoms with Gasteiger partial charge >= 0.3 is 0 Å². The molecule has 0 aliphatic rings. The van der Waals surface area contributed by atoms with Crippen molar-refractivity contribution in [2.24, 2.45) is 0 Å². The van der Waals surface area contributed by atoms with Gasteiger partial charge in [0.2, 0.25) is 0 Å². The molecule has 1 aromatic heterocycles. The average Bonchev–Trinajstić information content (AvgIpc) is 2.33. The minimum absolute atomic E-state index is 0.250. The number of rotatable bonds is 3. The van der Waals surface area contributed by atoms with Crippen molar-refractivity contribution in [3.05, 3.63) is 53.1 Å². The van der Waals surface area contributed by atoms with E-state index in [0.29, 0.717) is 17.9 Å². The van der Waals surface area contributed by atoms with Crippen molar-refractivity contribution in [1.29, 1.82) is 0 Å². The zero-order chi connectivity index (χ0) is 12.3. The molecule has 0 aliphatic carbocycles. The van der Waals surface area contributed by atoms with Gasteiger partial charge in [-0.2, -0.15) is 0 Å². The Balaban J connectivity index is 2.07. The number of nitrogens with one attached hydrogen (secondary N) is 1. The molecule has 0 spiro atoms. The van der Waals surface area contributed by atoms with Crippen molar-refractivity contribution >= 4 is 23.0 Å². The fraction of sp³-hybridized carbons (Fsp3) is 0.0833. The third-order valence-corrected chi connectivity index (χ3v) is 2.64. The molecule has 0 saturated heterocycles. The second-order valence-corrected chi connectivity index (χ2v) is 3.90. The van der Waals surface area contributed by atoms with Crippen LogP contribution in [0.1, 0.15) is 5.56 Å². The number of nitrogen functional groups attached to an aromatic ring is 1. The predicted octanol–water partition coefficient (Wildman–Crippen LogP) is 3.07. The van der Waals surface area contributed by atoms with Gasteiger partial charge in [-0.15, -0.1) is 0 Å². The Bertz CT molecular complexity index is 514. The molecular formula is C12H11ClFN3. The van der Waals surface area contributed by atoms with Crippen LogP contribution in [0.4, 0.5) is 15.8 Å². The normalized spacial score (nSPS) is 10.2. The lowest BCUT2D eigenvalue weighted by molar-refractivity contribution is 0.627. The Hall–Kier alpha value is -1.81. The molecule has 0 atom stereocenters. The number of anilines is 2. The van der Waals surface area contributed by atoms with Gasteiger partial charge in [0.15, 0.2) is 5.15 Å². The highest BCUT2D eigenvalue weighted by Gasteiger charge is 2.03. The van der Waals surface area contributed by atoms with Crippen LogP contribution in [-0.4, -0.2) is 4.98 Å². The van der Waals surface area contributed by atoms with Crippen molar-refractivity contribution in [3.63, 3.8) is 0 Å². The molecule has 1 heterocycles. The molecule has 0 radical (unpaired) electrons. The molecule has 88 valence electrons. The fourth-order valence-corrected chi connectivity index (χ4v) is 1.56. The van der Waals surface area contributed by atoms with E-state index in [1.165, 1.54) is 12.1 Å². The van der Waals surface area contributed by atoms with Gasteiger partial charge in [-0.05, 0) is 23.8 Å². The summed E-state index contributed by atoms with van der Waals surface area (Å²) in [6.45, 7) is 0.546. The number of hydrogen-bond donors (Lipinski definition) is 2. The Morgan fingerprint density at radius 1 is 1.24 bits per heavy atom. The summed E-state index contributed by atoms with van der Waals surface area (Å²) < 4.78 is 12.7. The standard InChI is InChI=1S/C12H11ClFN3/c13-12-11(15)10(5-6-16-12)17-7-8-1-3-9(14)4-2-8/h1-6H,7,15H2,(H,16,17). The van der Waals surface area contributed by atoms with Crippen LogP contribution in [0, 0.1) is 5.82 Å². The molecule has 0 bridgehead atoms. The first kappa shape index (κ1) is 11.7. The lowest BCUT2D eigenvalue weighted by Crippen LogP contribution is -2.03. The van der Waals surface area contributed by atoms with E-state index in [2.05, 4.69) is 10.3 Å². The minimum Gasteiger partial charge on any atom is -0.395 e. The first-order valence-corrected chi connectivity index (χ1v) is 5.43. The van der Waals surface area contributed by atoms with Crippen LogP contribution in [0.2, 0.25) is 5.15 Å². The Morgan fingerprint density at radius 3 is 2.65 bits per heavy atom. The summed E-state index contributed by atoms with van der Waals surface area (Å²) in [5, 5.41) is 3.39. The first-order valence-electron chi connectivity index (χ1n) is 5.05. The number of nitrogens with two attached hydrogens (primary N) is 1. The zero-order valence-electron chi connectivity index (χ0n) is 8.95. The molecule has 2 rings (SSSR count). The van der Waals surface area contributed by atoms with Crippen LogP contribution in [0.5, 0.6) is 0 Å². The molecule has 0 fully saturated rings. The lowest BCUT2D eigenvalue weighted by atomic mass is 10.2. The van der Waals surface area contributed by atoms with Crippen molar-refractivity contribution in [3.8, 4) is 0 Å². The summed E-state index contributed by atoms with van der Waals surface area (Å²) >= 11 is 5.79. The van der Waals surface area contributed by atoms with Crippen LogP contribution in [0.25, 0.3) is 0 Å². The smallest absolute Gasteiger partial charge is 0.153 e. The fourth-order valence-electron chi connectivity index (χ4n) is 1.40. The molecule has 3 N–H and O–H groups in total. The van der Waals surface area contributed by atoms with Gasteiger partial charge in [-0.25, -0.2) is 9.37 Å². The van der Waals surface area contributed by atoms with Crippen LogP contribution in [0.3, 0.4) is 0 Å². The third-order valence-electron chi connectivity index (χ3n) is 2.34. The molecule has 5 heteroatoms. The number of pyridine rings is 1. The maximum atomic E-state index is 12.7. The zero-order valence-corrected chi connectivity index (χ0v) is 9.71. The Morgan fingerprint density at radius 2 is 1.94 bits per heavy atom. The molecule has 3 nitrogen and oxygen atoms in total.